The molecule has 0 radical (unpaired) electrons. The molecule has 0 fully saturated rings. The number of amides is 1. The maximum absolute atomic E-state index is 12.3. The van der Waals surface area contributed by atoms with Gasteiger partial charge in [-0.25, -0.2) is 0 Å². The van der Waals surface area contributed by atoms with E-state index < -0.39 is 10.5 Å². The fraction of sp³-hybridized carbons (Fsp3) is 0.500. The van der Waals surface area contributed by atoms with Gasteiger partial charge in [-0.15, -0.1) is 24.2 Å². The van der Waals surface area contributed by atoms with Gasteiger partial charge >= 0.3 is 0 Å². The van der Waals surface area contributed by atoms with Gasteiger partial charge < -0.3 is 11.1 Å². The summed E-state index contributed by atoms with van der Waals surface area (Å²) in [6.07, 6.45) is 3.17. The third-order valence-corrected chi connectivity index (χ3v) is 4.55. The average molecular weight is 348 g/mol. The molecule has 1 aromatic rings. The summed E-state index contributed by atoms with van der Waals surface area (Å²) in [5.74, 6) is -0.333. The lowest BCUT2D eigenvalue weighted by atomic mass is 9.92. The molecule has 0 atom stereocenters. The smallest absolute Gasteiger partial charge is 0.283 e. The second-order valence-corrected chi connectivity index (χ2v) is 5.64. The van der Waals surface area contributed by atoms with Gasteiger partial charge in [0.05, 0.1) is 15.4 Å². The number of rotatable bonds is 7. The van der Waals surface area contributed by atoms with E-state index >= 15 is 0 Å². The monoisotopic (exact) mass is 347 g/mol. The van der Waals surface area contributed by atoms with Crippen LogP contribution >= 0.6 is 24.2 Å². The van der Waals surface area contributed by atoms with Crippen LogP contribution in [0.5, 0.6) is 0 Å². The number of nitrogens with two attached hydrogens (primary N) is 1. The quantitative estimate of drug-likeness (QED) is 0.449. The van der Waals surface area contributed by atoms with Gasteiger partial charge in [0.15, 0.2) is 0 Å². The Morgan fingerprint density at radius 2 is 2.00 bits per heavy atom. The van der Waals surface area contributed by atoms with Crippen LogP contribution in [-0.4, -0.2) is 29.2 Å². The molecule has 0 aliphatic heterocycles. The van der Waals surface area contributed by atoms with Gasteiger partial charge in [-0.1, -0.05) is 13.8 Å². The summed E-state index contributed by atoms with van der Waals surface area (Å²) in [6, 6.07) is 4.51. The summed E-state index contributed by atoms with van der Waals surface area (Å²) in [5, 5.41) is 14.0. The highest BCUT2D eigenvalue weighted by Gasteiger charge is 2.27. The van der Waals surface area contributed by atoms with Crippen LogP contribution < -0.4 is 11.1 Å². The summed E-state index contributed by atoms with van der Waals surface area (Å²) < 4.78 is 0. The molecule has 8 heteroatoms. The zero-order chi connectivity index (χ0) is 16.0. The number of hydrogen-bond acceptors (Lipinski definition) is 5. The summed E-state index contributed by atoms with van der Waals surface area (Å²) >= 11 is 1.28. The number of nitrogens with zero attached hydrogens (tertiary/aromatic N) is 1. The summed E-state index contributed by atoms with van der Waals surface area (Å²) in [7, 11) is 0. The van der Waals surface area contributed by atoms with Crippen molar-refractivity contribution in [2.45, 2.75) is 37.1 Å². The standard InChI is InChI=1S/C14H21N3O3S.ClH/c1-4-14(5-2,9-15)16-13(18)10-6-7-12(21-3)11(8-10)17(19)20;/h6-8H,4-5,9,15H2,1-3H3,(H,16,18);1H. The van der Waals surface area contributed by atoms with Crippen molar-refractivity contribution in [3.63, 3.8) is 0 Å². The van der Waals surface area contributed by atoms with Gasteiger partial charge in [-0.05, 0) is 31.2 Å². The molecule has 6 nitrogen and oxygen atoms in total. The van der Waals surface area contributed by atoms with Crippen molar-refractivity contribution in [1.29, 1.82) is 0 Å². The number of carbonyl (C=O) groups excluding carboxylic acids is 1. The number of thioether (sulfide) groups is 1. The van der Waals surface area contributed by atoms with Crippen LogP contribution in [0, 0.1) is 10.1 Å². The number of benzene rings is 1. The highest BCUT2D eigenvalue weighted by molar-refractivity contribution is 7.98. The molecule has 1 amide bonds. The van der Waals surface area contributed by atoms with Crippen molar-refractivity contribution >= 4 is 35.8 Å². The molecule has 0 unspecified atom stereocenters. The first kappa shape index (κ1) is 20.7. The predicted octanol–water partition coefficient (Wildman–Crippen LogP) is 2.99. The molecule has 0 saturated carbocycles. The fourth-order valence-corrected chi connectivity index (χ4v) is 2.60. The van der Waals surface area contributed by atoms with E-state index in [4.69, 9.17) is 5.73 Å². The maximum Gasteiger partial charge on any atom is 0.283 e. The Labute approximate surface area is 140 Å². The first-order chi connectivity index (χ1) is 9.92. The lowest BCUT2D eigenvalue weighted by Gasteiger charge is -2.31. The normalized spacial score (nSPS) is 10.7. The topological polar surface area (TPSA) is 98.3 Å². The highest BCUT2D eigenvalue weighted by Crippen LogP contribution is 2.28. The summed E-state index contributed by atoms with van der Waals surface area (Å²) in [5.41, 5.74) is 5.51. The molecule has 22 heavy (non-hydrogen) atoms. The Morgan fingerprint density at radius 1 is 1.41 bits per heavy atom. The van der Waals surface area contributed by atoms with Crippen LogP contribution in [0.1, 0.15) is 37.0 Å². The molecule has 1 rings (SSSR count). The number of nitro benzene ring substituents is 1. The lowest BCUT2D eigenvalue weighted by Crippen LogP contribution is -2.52. The van der Waals surface area contributed by atoms with Crippen molar-refractivity contribution in [2.75, 3.05) is 12.8 Å². The molecular weight excluding hydrogens is 326 g/mol. The second-order valence-electron chi connectivity index (χ2n) is 4.79. The van der Waals surface area contributed by atoms with Crippen molar-refractivity contribution in [2.24, 2.45) is 5.73 Å². The third kappa shape index (κ3) is 4.59. The first-order valence-electron chi connectivity index (χ1n) is 6.78. The molecule has 0 bridgehead atoms. The van der Waals surface area contributed by atoms with E-state index in [1.807, 2.05) is 13.8 Å². The molecule has 1 aromatic carbocycles. The van der Waals surface area contributed by atoms with Crippen LogP contribution in [0.25, 0.3) is 0 Å². The molecule has 0 saturated heterocycles. The Hall–Kier alpha value is -1.31. The first-order valence-corrected chi connectivity index (χ1v) is 8.00. The van der Waals surface area contributed by atoms with Gasteiger partial charge in [0, 0.05) is 18.2 Å². The lowest BCUT2D eigenvalue weighted by molar-refractivity contribution is -0.387. The largest absolute Gasteiger partial charge is 0.345 e. The second kappa shape index (κ2) is 8.97. The van der Waals surface area contributed by atoms with Crippen molar-refractivity contribution in [3.05, 3.63) is 33.9 Å². The average Bonchev–Trinajstić information content (AvgIpc) is 2.51. The van der Waals surface area contributed by atoms with Crippen LogP contribution in [-0.2, 0) is 0 Å². The van der Waals surface area contributed by atoms with Crippen molar-refractivity contribution in [3.8, 4) is 0 Å². The summed E-state index contributed by atoms with van der Waals surface area (Å²) in [4.78, 5) is 23.4. The Morgan fingerprint density at radius 3 is 2.41 bits per heavy atom. The molecule has 0 heterocycles. The maximum atomic E-state index is 12.3. The van der Waals surface area contributed by atoms with E-state index in [0.29, 0.717) is 24.3 Å². The van der Waals surface area contributed by atoms with Gasteiger partial charge in [0.1, 0.15) is 0 Å². The Kier molecular flexibility index (Phi) is 8.44. The predicted molar refractivity (Wildman–Crippen MR) is 92.0 cm³/mol. The number of nitrogens with one attached hydrogen (secondary N) is 1. The Balaban J connectivity index is 0.00000441. The number of carbonyl (C=O) groups is 1. The minimum atomic E-state index is -0.474. The molecule has 124 valence electrons. The van der Waals surface area contributed by atoms with E-state index in [1.165, 1.54) is 17.8 Å². The van der Waals surface area contributed by atoms with E-state index in [-0.39, 0.29) is 29.6 Å². The zero-order valence-corrected chi connectivity index (χ0v) is 14.6. The van der Waals surface area contributed by atoms with Crippen LogP contribution in [0.4, 0.5) is 5.69 Å². The minimum absolute atomic E-state index is 0. The number of halogens is 1. The van der Waals surface area contributed by atoms with Crippen molar-refractivity contribution in [1.82, 2.24) is 5.32 Å². The van der Waals surface area contributed by atoms with E-state index in [2.05, 4.69) is 5.32 Å². The molecule has 0 aliphatic carbocycles. The molecule has 0 spiro atoms. The molecule has 0 aliphatic rings. The molecule has 3 N–H and O–H groups in total. The van der Waals surface area contributed by atoms with E-state index in [1.54, 1.807) is 18.4 Å². The van der Waals surface area contributed by atoms with Crippen LogP contribution in [0.2, 0.25) is 0 Å². The highest BCUT2D eigenvalue weighted by atomic mass is 35.5. The number of nitro groups is 1. The van der Waals surface area contributed by atoms with Gasteiger partial charge in [0.2, 0.25) is 0 Å². The van der Waals surface area contributed by atoms with Crippen molar-refractivity contribution < 1.29 is 9.72 Å². The molecular formula is C14H22ClN3O3S. The third-order valence-electron chi connectivity index (χ3n) is 3.76. The Bertz CT molecular complexity index is 528. The number of hydrogen-bond donors (Lipinski definition) is 2. The SMILES string of the molecule is CCC(CC)(CN)NC(=O)c1ccc(SC)c([N+](=O)[O-])c1.Cl. The minimum Gasteiger partial charge on any atom is -0.345 e. The van der Waals surface area contributed by atoms with Gasteiger partial charge in [0.25, 0.3) is 11.6 Å². The van der Waals surface area contributed by atoms with Crippen LogP contribution in [0.15, 0.2) is 23.1 Å². The van der Waals surface area contributed by atoms with Crippen LogP contribution in [0.3, 0.4) is 0 Å². The van der Waals surface area contributed by atoms with E-state index in [0.717, 1.165) is 0 Å². The zero-order valence-electron chi connectivity index (χ0n) is 12.9. The molecule has 0 aromatic heterocycles. The summed E-state index contributed by atoms with van der Waals surface area (Å²) in [6.45, 7) is 4.24. The van der Waals surface area contributed by atoms with Gasteiger partial charge in [-0.2, -0.15) is 0 Å². The van der Waals surface area contributed by atoms with E-state index in [9.17, 15) is 14.9 Å². The fourth-order valence-electron chi connectivity index (χ4n) is 2.05. The van der Waals surface area contributed by atoms with Gasteiger partial charge in [-0.3, -0.25) is 14.9 Å².